The van der Waals surface area contributed by atoms with E-state index in [9.17, 15) is 0 Å². The fraction of sp³-hybridized carbons (Fsp3) is 0.952. The topological polar surface area (TPSA) is 42.9 Å². The molecule has 0 atom stereocenters. The van der Waals surface area contributed by atoms with Gasteiger partial charge >= 0.3 is 0 Å². The van der Waals surface area contributed by atoms with Crippen LogP contribution in [-0.2, 0) is 0 Å². The highest BCUT2D eigenvalue weighted by Gasteiger charge is 2.15. The summed E-state index contributed by atoms with van der Waals surface area (Å²) in [6.07, 6.45) is 10.9. The average Bonchev–Trinajstić information content (AvgIpc) is 3.19. The number of unbranched alkanes of at least 4 members (excludes halogenated alkanes) is 1. The molecule has 1 aliphatic heterocycles. The van der Waals surface area contributed by atoms with Crippen LogP contribution < -0.4 is 10.6 Å². The lowest BCUT2D eigenvalue weighted by Gasteiger charge is -2.34. The third-order valence-electron chi connectivity index (χ3n) is 5.97. The number of likely N-dealkylation sites (N-methyl/N-ethyl adjacent to an activating group) is 1. The van der Waals surface area contributed by atoms with Gasteiger partial charge in [-0.3, -0.25) is 4.99 Å². The van der Waals surface area contributed by atoms with E-state index in [0.717, 1.165) is 31.5 Å². The molecule has 1 saturated heterocycles. The Morgan fingerprint density at radius 2 is 1.65 bits per heavy atom. The molecule has 2 rings (SSSR count). The molecule has 2 aliphatic rings. The van der Waals surface area contributed by atoms with Crippen molar-refractivity contribution in [2.24, 2.45) is 10.9 Å². The van der Waals surface area contributed by atoms with E-state index in [0.29, 0.717) is 0 Å². The molecule has 2 N–H and O–H groups in total. The highest BCUT2D eigenvalue weighted by Crippen LogP contribution is 2.28. The monoisotopic (exact) mass is 365 g/mol. The second-order valence-electron chi connectivity index (χ2n) is 7.96. The van der Waals surface area contributed by atoms with Crippen LogP contribution in [0.5, 0.6) is 0 Å². The van der Waals surface area contributed by atoms with Gasteiger partial charge in [-0.25, -0.2) is 0 Å². The van der Waals surface area contributed by atoms with Crippen molar-refractivity contribution in [3.8, 4) is 0 Å². The average molecular weight is 366 g/mol. The Morgan fingerprint density at radius 1 is 0.923 bits per heavy atom. The van der Waals surface area contributed by atoms with Gasteiger partial charge in [-0.1, -0.05) is 32.6 Å². The Morgan fingerprint density at radius 3 is 2.35 bits per heavy atom. The summed E-state index contributed by atoms with van der Waals surface area (Å²) < 4.78 is 0. The first-order chi connectivity index (χ1) is 12.8. The first-order valence-electron chi connectivity index (χ1n) is 11.3. The maximum absolute atomic E-state index is 4.76. The Labute approximate surface area is 162 Å². The third kappa shape index (κ3) is 8.72. The molecule has 0 radical (unpaired) electrons. The van der Waals surface area contributed by atoms with Crippen molar-refractivity contribution in [3.05, 3.63) is 0 Å². The van der Waals surface area contributed by atoms with Crippen molar-refractivity contribution in [1.29, 1.82) is 0 Å². The summed E-state index contributed by atoms with van der Waals surface area (Å²) in [5.74, 6) is 2.00. The molecule has 5 heteroatoms. The smallest absolute Gasteiger partial charge is 0.191 e. The molecular formula is C21H43N5. The second kappa shape index (κ2) is 13.4. The standard InChI is InChI=1S/C21H43N5/c1-3-22-21(24-14-9-12-20-10-5-6-11-20)23-13-7-8-15-26-18-16-25(4-2)17-19-26/h20H,3-19H2,1-2H3,(H2,22,23,24). The number of piperazine rings is 1. The summed E-state index contributed by atoms with van der Waals surface area (Å²) in [4.78, 5) is 9.92. The van der Waals surface area contributed by atoms with Gasteiger partial charge in [-0.15, -0.1) is 0 Å². The Balaban J connectivity index is 1.51. The van der Waals surface area contributed by atoms with Crippen LogP contribution in [0.1, 0.15) is 65.2 Å². The minimum atomic E-state index is 0.941. The number of nitrogens with zero attached hydrogens (tertiary/aromatic N) is 3. The van der Waals surface area contributed by atoms with E-state index in [4.69, 9.17) is 4.99 Å². The number of nitrogens with one attached hydrogen (secondary N) is 2. The Bertz CT molecular complexity index is 371. The molecule has 1 heterocycles. The number of hydrogen-bond donors (Lipinski definition) is 2. The lowest BCUT2D eigenvalue weighted by molar-refractivity contribution is 0.136. The lowest BCUT2D eigenvalue weighted by Crippen LogP contribution is -2.46. The lowest BCUT2D eigenvalue weighted by atomic mass is 10.0. The van der Waals surface area contributed by atoms with E-state index in [1.165, 1.54) is 90.6 Å². The summed E-state index contributed by atoms with van der Waals surface area (Å²) >= 11 is 0. The van der Waals surface area contributed by atoms with Crippen LogP contribution in [0, 0.1) is 5.92 Å². The Kier molecular flexibility index (Phi) is 11.1. The number of aliphatic imine (C=N–C) groups is 1. The Hall–Kier alpha value is -0.810. The molecule has 26 heavy (non-hydrogen) atoms. The zero-order valence-electron chi connectivity index (χ0n) is 17.4. The molecule has 152 valence electrons. The highest BCUT2D eigenvalue weighted by atomic mass is 15.3. The molecule has 2 fully saturated rings. The van der Waals surface area contributed by atoms with E-state index >= 15 is 0 Å². The van der Waals surface area contributed by atoms with Gasteiger partial charge in [-0.05, 0) is 51.6 Å². The largest absolute Gasteiger partial charge is 0.357 e. The van der Waals surface area contributed by atoms with Gasteiger partial charge in [0.2, 0.25) is 0 Å². The summed E-state index contributed by atoms with van der Waals surface area (Å²) in [5, 5.41) is 6.90. The quantitative estimate of drug-likeness (QED) is 0.336. The van der Waals surface area contributed by atoms with Gasteiger partial charge in [0.15, 0.2) is 5.96 Å². The fourth-order valence-electron chi connectivity index (χ4n) is 4.21. The number of guanidine groups is 1. The zero-order valence-corrected chi connectivity index (χ0v) is 17.4. The van der Waals surface area contributed by atoms with Crippen molar-refractivity contribution in [2.45, 2.75) is 65.2 Å². The van der Waals surface area contributed by atoms with E-state index in [-0.39, 0.29) is 0 Å². The molecule has 0 aromatic rings. The molecule has 0 amide bonds. The van der Waals surface area contributed by atoms with E-state index < -0.39 is 0 Å². The van der Waals surface area contributed by atoms with E-state index in [1.54, 1.807) is 0 Å². The predicted octanol–water partition coefficient (Wildman–Crippen LogP) is 2.93. The molecule has 5 nitrogen and oxygen atoms in total. The van der Waals surface area contributed by atoms with E-state index in [2.05, 4.69) is 34.3 Å². The van der Waals surface area contributed by atoms with Crippen molar-refractivity contribution in [2.75, 3.05) is 58.9 Å². The minimum Gasteiger partial charge on any atom is -0.357 e. The minimum absolute atomic E-state index is 0.941. The number of rotatable bonds is 11. The molecule has 0 bridgehead atoms. The zero-order chi connectivity index (χ0) is 18.5. The normalized spacial score (nSPS) is 20.6. The highest BCUT2D eigenvalue weighted by molar-refractivity contribution is 5.79. The molecule has 0 aromatic heterocycles. The van der Waals surface area contributed by atoms with Crippen LogP contribution in [0.3, 0.4) is 0 Å². The summed E-state index contributed by atoms with van der Waals surface area (Å²) in [6, 6.07) is 0. The van der Waals surface area contributed by atoms with Crippen LogP contribution in [0.25, 0.3) is 0 Å². The van der Waals surface area contributed by atoms with Crippen molar-refractivity contribution in [3.63, 3.8) is 0 Å². The van der Waals surface area contributed by atoms with Gasteiger partial charge in [0.25, 0.3) is 0 Å². The molecular weight excluding hydrogens is 322 g/mol. The molecule has 1 aliphatic carbocycles. The van der Waals surface area contributed by atoms with Crippen molar-refractivity contribution < 1.29 is 0 Å². The van der Waals surface area contributed by atoms with E-state index in [1.807, 2.05) is 0 Å². The summed E-state index contributed by atoms with van der Waals surface area (Å²) in [5.41, 5.74) is 0. The van der Waals surface area contributed by atoms with Gasteiger partial charge in [0.1, 0.15) is 0 Å². The number of hydrogen-bond acceptors (Lipinski definition) is 3. The van der Waals surface area contributed by atoms with Crippen LogP contribution in [-0.4, -0.2) is 74.7 Å². The van der Waals surface area contributed by atoms with Crippen LogP contribution >= 0.6 is 0 Å². The SMILES string of the molecule is CCNC(=NCCCC1CCCC1)NCCCCN1CCN(CC)CC1. The summed E-state index contributed by atoms with van der Waals surface area (Å²) in [7, 11) is 0. The first-order valence-corrected chi connectivity index (χ1v) is 11.3. The van der Waals surface area contributed by atoms with Crippen molar-refractivity contribution >= 4 is 5.96 Å². The predicted molar refractivity (Wildman–Crippen MR) is 113 cm³/mol. The van der Waals surface area contributed by atoms with Crippen LogP contribution in [0.4, 0.5) is 0 Å². The molecule has 0 unspecified atom stereocenters. The maximum Gasteiger partial charge on any atom is 0.191 e. The van der Waals surface area contributed by atoms with Gasteiger partial charge in [0.05, 0.1) is 0 Å². The maximum atomic E-state index is 4.76. The summed E-state index contributed by atoms with van der Waals surface area (Å²) in [6.45, 7) is 14.8. The third-order valence-corrected chi connectivity index (χ3v) is 5.97. The fourth-order valence-corrected chi connectivity index (χ4v) is 4.21. The first kappa shape index (κ1) is 21.5. The molecule has 1 saturated carbocycles. The van der Waals surface area contributed by atoms with Crippen LogP contribution in [0.2, 0.25) is 0 Å². The van der Waals surface area contributed by atoms with Gasteiger partial charge in [0, 0.05) is 45.8 Å². The van der Waals surface area contributed by atoms with Gasteiger partial charge in [-0.2, -0.15) is 0 Å². The van der Waals surface area contributed by atoms with Gasteiger partial charge < -0.3 is 20.4 Å². The van der Waals surface area contributed by atoms with Crippen LogP contribution in [0.15, 0.2) is 4.99 Å². The molecule has 0 spiro atoms. The van der Waals surface area contributed by atoms with Crippen molar-refractivity contribution in [1.82, 2.24) is 20.4 Å². The molecule has 0 aromatic carbocycles. The second-order valence-corrected chi connectivity index (χ2v) is 7.96.